The van der Waals surface area contributed by atoms with E-state index in [0.717, 1.165) is 25.1 Å². The highest BCUT2D eigenvalue weighted by Crippen LogP contribution is 2.31. The van der Waals surface area contributed by atoms with Gasteiger partial charge in [0.1, 0.15) is 6.04 Å². The summed E-state index contributed by atoms with van der Waals surface area (Å²) in [4.78, 5) is 17.8. The molecule has 2 heterocycles. The summed E-state index contributed by atoms with van der Waals surface area (Å²) in [6.07, 6.45) is 1.72. The summed E-state index contributed by atoms with van der Waals surface area (Å²) in [5.74, 6) is -0.426. The maximum absolute atomic E-state index is 11.7. The Morgan fingerprint density at radius 2 is 2.35 bits per heavy atom. The quantitative estimate of drug-likeness (QED) is 0.682. The molecule has 2 rings (SSSR count). The van der Waals surface area contributed by atoms with E-state index in [-0.39, 0.29) is 6.61 Å². The molecule has 0 bridgehead atoms. The average molecular weight is 240 g/mol. The van der Waals surface area contributed by atoms with E-state index in [1.807, 2.05) is 4.90 Å². The number of nitrogens with zero attached hydrogens (tertiary/aromatic N) is 2. The number of hydrogen-bond donors (Lipinski definition) is 1. The fraction of sp³-hybridized carbons (Fsp3) is 0.636. The van der Waals surface area contributed by atoms with Gasteiger partial charge in [-0.1, -0.05) is 0 Å². The molecule has 94 valence electrons. The van der Waals surface area contributed by atoms with Gasteiger partial charge in [-0.2, -0.15) is 0 Å². The van der Waals surface area contributed by atoms with Crippen molar-refractivity contribution in [3.05, 3.63) is 11.3 Å². The van der Waals surface area contributed by atoms with Crippen molar-refractivity contribution < 1.29 is 19.4 Å². The first kappa shape index (κ1) is 11.9. The molecule has 1 N–H and O–H groups in total. The number of aliphatic hydroxyl groups is 1. The molecule has 0 spiro atoms. The Morgan fingerprint density at radius 3 is 2.94 bits per heavy atom. The van der Waals surface area contributed by atoms with Gasteiger partial charge in [0, 0.05) is 12.2 Å². The van der Waals surface area contributed by atoms with Crippen LogP contribution in [0.3, 0.4) is 0 Å². The van der Waals surface area contributed by atoms with E-state index < -0.39 is 12.0 Å². The molecule has 2 aliphatic heterocycles. The molecule has 0 amide bonds. The van der Waals surface area contributed by atoms with Crippen LogP contribution in [0.1, 0.15) is 12.8 Å². The molecule has 0 aromatic rings. The third kappa shape index (κ3) is 1.88. The van der Waals surface area contributed by atoms with Gasteiger partial charge in [0.25, 0.3) is 6.02 Å². The average Bonchev–Trinajstić information content (AvgIpc) is 2.84. The van der Waals surface area contributed by atoms with Crippen LogP contribution < -0.4 is 0 Å². The molecule has 6 nitrogen and oxygen atoms in total. The minimum Gasteiger partial charge on any atom is -0.468 e. The Bertz CT molecular complexity index is 389. The predicted molar refractivity (Wildman–Crippen MR) is 60.3 cm³/mol. The number of carbonyl (C=O) groups is 1. The standard InChI is InChI=1S/C11H16N2O4/c1-16-10(15)9-7(6-14)12-11(17-2)13-5-3-4-8(9)13/h7,14H,3-6H2,1-2H3/t7-/m1/s1. The van der Waals surface area contributed by atoms with Crippen LogP contribution in [0, 0.1) is 0 Å². The number of carbonyl (C=O) groups excluding carboxylic acids is 1. The van der Waals surface area contributed by atoms with Crippen LogP contribution in [-0.4, -0.2) is 55.4 Å². The Hall–Kier alpha value is -1.56. The number of allylic oxidation sites excluding steroid dienone is 1. The summed E-state index contributed by atoms with van der Waals surface area (Å²) in [6.45, 7) is 0.551. The molecular formula is C11H16N2O4. The third-order valence-electron chi connectivity index (χ3n) is 3.02. The van der Waals surface area contributed by atoms with Crippen molar-refractivity contribution in [1.82, 2.24) is 4.90 Å². The third-order valence-corrected chi connectivity index (χ3v) is 3.02. The summed E-state index contributed by atoms with van der Waals surface area (Å²) in [7, 11) is 2.87. The monoisotopic (exact) mass is 240 g/mol. The van der Waals surface area contributed by atoms with E-state index in [1.165, 1.54) is 14.2 Å². The number of ether oxygens (including phenoxy) is 2. The number of fused-ring (bicyclic) bond motifs is 1. The highest BCUT2D eigenvalue weighted by molar-refractivity contribution is 5.94. The molecule has 0 aliphatic carbocycles. The minimum absolute atomic E-state index is 0.228. The van der Waals surface area contributed by atoms with E-state index in [2.05, 4.69) is 4.99 Å². The SMILES string of the molecule is COC(=O)C1=C2CCCN2C(OC)=N[C@@H]1CO. The molecule has 0 aromatic carbocycles. The van der Waals surface area contributed by atoms with Crippen LogP contribution >= 0.6 is 0 Å². The molecule has 1 atom stereocenters. The van der Waals surface area contributed by atoms with Crippen molar-refractivity contribution in [1.29, 1.82) is 0 Å². The van der Waals surface area contributed by atoms with Crippen LogP contribution in [0.2, 0.25) is 0 Å². The van der Waals surface area contributed by atoms with Gasteiger partial charge in [-0.05, 0) is 12.8 Å². The second-order valence-electron chi connectivity index (χ2n) is 3.92. The maximum Gasteiger partial charge on any atom is 0.337 e. The fourth-order valence-corrected chi connectivity index (χ4v) is 2.28. The highest BCUT2D eigenvalue weighted by Gasteiger charge is 2.37. The number of hydrogen-bond acceptors (Lipinski definition) is 6. The fourth-order valence-electron chi connectivity index (χ4n) is 2.28. The lowest BCUT2D eigenvalue weighted by Gasteiger charge is -2.29. The van der Waals surface area contributed by atoms with Crippen LogP contribution in [0.4, 0.5) is 0 Å². The molecule has 1 fully saturated rings. The largest absolute Gasteiger partial charge is 0.468 e. The zero-order valence-corrected chi connectivity index (χ0v) is 9.97. The number of amidine groups is 1. The van der Waals surface area contributed by atoms with Crippen molar-refractivity contribution in [3.63, 3.8) is 0 Å². The van der Waals surface area contributed by atoms with Crippen LogP contribution in [-0.2, 0) is 14.3 Å². The number of aliphatic imine (C=N–C) groups is 1. The summed E-state index contributed by atoms with van der Waals surface area (Å²) < 4.78 is 9.93. The topological polar surface area (TPSA) is 71.4 Å². The first-order valence-corrected chi connectivity index (χ1v) is 5.54. The zero-order chi connectivity index (χ0) is 12.4. The highest BCUT2D eigenvalue weighted by atomic mass is 16.5. The van der Waals surface area contributed by atoms with E-state index in [4.69, 9.17) is 9.47 Å². The molecule has 0 unspecified atom stereocenters. The lowest BCUT2D eigenvalue weighted by atomic mass is 10.0. The molecule has 17 heavy (non-hydrogen) atoms. The van der Waals surface area contributed by atoms with Gasteiger partial charge in [-0.3, -0.25) is 4.90 Å². The minimum atomic E-state index is -0.582. The second kappa shape index (κ2) is 4.75. The molecule has 6 heteroatoms. The Morgan fingerprint density at radius 1 is 1.59 bits per heavy atom. The van der Waals surface area contributed by atoms with Gasteiger partial charge in [-0.15, -0.1) is 0 Å². The number of esters is 1. The summed E-state index contributed by atoms with van der Waals surface area (Å²) in [5.41, 5.74) is 1.32. The number of aliphatic hydroxyl groups excluding tert-OH is 1. The van der Waals surface area contributed by atoms with Crippen molar-refractivity contribution in [3.8, 4) is 0 Å². The summed E-state index contributed by atoms with van der Waals surface area (Å²) in [5, 5.41) is 9.32. The Kier molecular flexibility index (Phi) is 3.33. The lowest BCUT2D eigenvalue weighted by Crippen LogP contribution is -2.39. The number of rotatable bonds is 2. The van der Waals surface area contributed by atoms with Crippen molar-refractivity contribution in [2.45, 2.75) is 18.9 Å². The van der Waals surface area contributed by atoms with Crippen LogP contribution in [0.25, 0.3) is 0 Å². The molecule has 0 radical (unpaired) electrons. The van der Waals surface area contributed by atoms with Gasteiger partial charge in [0.2, 0.25) is 0 Å². The first-order chi connectivity index (χ1) is 8.22. The normalized spacial score (nSPS) is 23.4. The molecule has 0 aromatic heterocycles. The summed E-state index contributed by atoms with van der Waals surface area (Å²) >= 11 is 0. The second-order valence-corrected chi connectivity index (χ2v) is 3.92. The van der Waals surface area contributed by atoms with Gasteiger partial charge >= 0.3 is 5.97 Å². The van der Waals surface area contributed by atoms with Crippen LogP contribution in [0.5, 0.6) is 0 Å². The van der Waals surface area contributed by atoms with E-state index in [0.29, 0.717) is 11.6 Å². The van der Waals surface area contributed by atoms with Crippen molar-refractivity contribution in [2.24, 2.45) is 4.99 Å². The van der Waals surface area contributed by atoms with E-state index in [1.54, 1.807) is 0 Å². The molecular weight excluding hydrogens is 224 g/mol. The number of methoxy groups -OCH3 is 2. The summed E-state index contributed by atoms with van der Waals surface area (Å²) in [6, 6.07) is -0.119. The smallest absolute Gasteiger partial charge is 0.337 e. The van der Waals surface area contributed by atoms with E-state index in [9.17, 15) is 9.90 Å². The van der Waals surface area contributed by atoms with Gasteiger partial charge in [-0.25, -0.2) is 9.79 Å². The van der Waals surface area contributed by atoms with E-state index >= 15 is 0 Å². The molecule has 0 saturated carbocycles. The first-order valence-electron chi connectivity index (χ1n) is 5.54. The molecule has 2 aliphatic rings. The van der Waals surface area contributed by atoms with Gasteiger partial charge in [0.05, 0.1) is 26.4 Å². The molecule has 1 saturated heterocycles. The lowest BCUT2D eigenvalue weighted by molar-refractivity contribution is -0.136. The van der Waals surface area contributed by atoms with Gasteiger partial charge < -0.3 is 14.6 Å². The predicted octanol–water partition coefficient (Wildman–Crippen LogP) is -0.114. The Balaban J connectivity index is 2.42. The maximum atomic E-state index is 11.7. The van der Waals surface area contributed by atoms with Crippen molar-refractivity contribution >= 4 is 12.0 Å². The zero-order valence-electron chi connectivity index (χ0n) is 9.97. The van der Waals surface area contributed by atoms with Crippen LogP contribution in [0.15, 0.2) is 16.3 Å². The van der Waals surface area contributed by atoms with Crippen molar-refractivity contribution in [2.75, 3.05) is 27.4 Å². The van der Waals surface area contributed by atoms with Gasteiger partial charge in [0.15, 0.2) is 0 Å². The Labute approximate surface area is 99.5 Å².